The summed E-state index contributed by atoms with van der Waals surface area (Å²) in [5.74, 6) is -0.811. The largest absolute Gasteiger partial charge is 0.381 e. The third-order valence-electron chi connectivity index (χ3n) is 5.50. The molecule has 4 N–H and O–H groups in total. The Morgan fingerprint density at radius 3 is 2.71 bits per heavy atom. The number of aromatic nitrogens is 3. The number of nitrogens with zero attached hydrogens (tertiary/aromatic N) is 3. The average molecular weight is 422 g/mol. The van der Waals surface area contributed by atoms with E-state index in [2.05, 4.69) is 20.7 Å². The molecule has 9 nitrogen and oxygen atoms in total. The Hall–Kier alpha value is -3.46. The number of nitrogens with one attached hydrogen (secondary N) is 2. The van der Waals surface area contributed by atoms with Crippen molar-refractivity contribution in [3.8, 4) is 0 Å². The first-order valence-electron chi connectivity index (χ1n) is 10.4. The average Bonchev–Trinajstić information content (AvgIpc) is 3.22. The lowest BCUT2D eigenvalue weighted by Gasteiger charge is -2.25. The van der Waals surface area contributed by atoms with Crippen molar-refractivity contribution in [2.24, 2.45) is 5.73 Å². The molecule has 1 saturated heterocycles. The summed E-state index contributed by atoms with van der Waals surface area (Å²) >= 11 is 0. The van der Waals surface area contributed by atoms with E-state index in [9.17, 15) is 9.59 Å². The number of aryl methyl sites for hydroxylation is 1. The second-order valence-electron chi connectivity index (χ2n) is 7.48. The van der Waals surface area contributed by atoms with Crippen LogP contribution in [0.25, 0.3) is 11.0 Å². The summed E-state index contributed by atoms with van der Waals surface area (Å²) in [7, 11) is 0. The molecule has 2 aromatic heterocycles. The molecule has 0 spiro atoms. The first-order valence-corrected chi connectivity index (χ1v) is 10.4. The fourth-order valence-corrected chi connectivity index (χ4v) is 3.82. The molecule has 4 rings (SSSR count). The van der Waals surface area contributed by atoms with E-state index in [0.29, 0.717) is 36.4 Å². The van der Waals surface area contributed by atoms with Gasteiger partial charge in [0, 0.05) is 44.1 Å². The highest BCUT2D eigenvalue weighted by atomic mass is 16.5. The third kappa shape index (κ3) is 4.36. The molecule has 0 bridgehead atoms. The van der Waals surface area contributed by atoms with E-state index in [1.807, 2.05) is 6.92 Å². The van der Waals surface area contributed by atoms with Crippen molar-refractivity contribution in [3.63, 3.8) is 0 Å². The van der Waals surface area contributed by atoms with Crippen molar-refractivity contribution >= 4 is 28.5 Å². The van der Waals surface area contributed by atoms with Gasteiger partial charge in [0.2, 0.25) is 5.91 Å². The smallest absolute Gasteiger partial charge is 0.255 e. The van der Waals surface area contributed by atoms with Gasteiger partial charge in [0.1, 0.15) is 0 Å². The number of pyridine rings is 1. The normalized spacial score (nSPS) is 14.5. The lowest BCUT2D eigenvalue weighted by atomic mass is 10.1. The van der Waals surface area contributed by atoms with Crippen LogP contribution in [0.5, 0.6) is 0 Å². The van der Waals surface area contributed by atoms with Gasteiger partial charge in [0.15, 0.2) is 5.65 Å². The Morgan fingerprint density at radius 1 is 1.19 bits per heavy atom. The third-order valence-corrected chi connectivity index (χ3v) is 5.50. The zero-order valence-electron chi connectivity index (χ0n) is 17.4. The van der Waals surface area contributed by atoms with Gasteiger partial charge in [-0.15, -0.1) is 0 Å². The van der Waals surface area contributed by atoms with Gasteiger partial charge in [-0.25, -0.2) is 9.67 Å². The van der Waals surface area contributed by atoms with Gasteiger partial charge in [-0.1, -0.05) is 18.2 Å². The molecule has 2 amide bonds. The number of carbonyl (C=O) groups is 2. The highest BCUT2D eigenvalue weighted by Gasteiger charge is 2.22. The molecule has 1 aromatic carbocycles. The van der Waals surface area contributed by atoms with Gasteiger partial charge < -0.3 is 21.1 Å². The first kappa shape index (κ1) is 20.8. The van der Waals surface area contributed by atoms with E-state index in [4.69, 9.17) is 10.5 Å². The van der Waals surface area contributed by atoms with E-state index in [-0.39, 0.29) is 18.5 Å². The SMILES string of the molecule is CCn1ncc2c(NC3CCOCC3)c(C(=O)NCc3ccccc3C(N)=O)cnc21. The number of anilines is 1. The molecule has 0 atom stereocenters. The number of amides is 2. The van der Waals surface area contributed by atoms with Crippen molar-refractivity contribution in [1.29, 1.82) is 0 Å². The van der Waals surface area contributed by atoms with Gasteiger partial charge in [-0.2, -0.15) is 5.10 Å². The number of benzene rings is 1. The molecule has 1 aliphatic rings. The van der Waals surface area contributed by atoms with Crippen LogP contribution in [0.3, 0.4) is 0 Å². The van der Waals surface area contributed by atoms with Crippen LogP contribution in [-0.2, 0) is 17.8 Å². The van der Waals surface area contributed by atoms with Crippen LogP contribution < -0.4 is 16.4 Å². The van der Waals surface area contributed by atoms with Crippen molar-refractivity contribution in [2.45, 2.75) is 38.9 Å². The Morgan fingerprint density at radius 2 is 1.97 bits per heavy atom. The van der Waals surface area contributed by atoms with Gasteiger partial charge in [0.25, 0.3) is 5.91 Å². The fraction of sp³-hybridized carbons (Fsp3) is 0.364. The predicted molar refractivity (Wildman–Crippen MR) is 117 cm³/mol. The van der Waals surface area contributed by atoms with Crippen LogP contribution in [0.4, 0.5) is 5.69 Å². The Balaban J connectivity index is 1.63. The van der Waals surface area contributed by atoms with Crippen LogP contribution in [-0.4, -0.2) is 45.8 Å². The fourth-order valence-electron chi connectivity index (χ4n) is 3.82. The molecular weight excluding hydrogens is 396 g/mol. The van der Waals surface area contributed by atoms with Crippen molar-refractivity contribution in [3.05, 3.63) is 53.3 Å². The minimum absolute atomic E-state index is 0.181. The standard InChI is InChI=1S/C22H26N6O3/c1-2-28-21-17(13-26-28)19(27-15-7-9-31-10-8-15)18(12-24-21)22(30)25-11-14-5-3-4-6-16(14)20(23)29/h3-6,12-13,15H,2,7-11H2,1H3,(H2,23,29)(H,24,27)(H,25,30). The number of carbonyl (C=O) groups excluding carboxylic acids is 2. The summed E-state index contributed by atoms with van der Waals surface area (Å²) in [4.78, 5) is 29.3. The minimum atomic E-state index is -0.526. The van der Waals surface area contributed by atoms with E-state index in [1.54, 1.807) is 41.3 Å². The quantitative estimate of drug-likeness (QED) is 0.535. The molecule has 0 saturated carbocycles. The summed E-state index contributed by atoms with van der Waals surface area (Å²) in [5, 5.41) is 11.6. The molecule has 0 radical (unpaired) electrons. The van der Waals surface area contributed by atoms with Gasteiger partial charge >= 0.3 is 0 Å². The molecule has 3 aromatic rings. The molecular formula is C22H26N6O3. The summed E-state index contributed by atoms with van der Waals surface area (Å²) in [6.07, 6.45) is 5.04. The molecule has 3 heterocycles. The van der Waals surface area contributed by atoms with Crippen LogP contribution in [0, 0.1) is 0 Å². The lowest BCUT2D eigenvalue weighted by Crippen LogP contribution is -2.30. The van der Waals surface area contributed by atoms with Gasteiger partial charge in [0.05, 0.1) is 22.8 Å². The number of primary amides is 1. The zero-order valence-corrected chi connectivity index (χ0v) is 17.4. The minimum Gasteiger partial charge on any atom is -0.381 e. The van der Waals surface area contributed by atoms with E-state index < -0.39 is 5.91 Å². The maximum atomic E-state index is 13.1. The van der Waals surface area contributed by atoms with Crippen LogP contribution in [0.1, 0.15) is 46.0 Å². The molecule has 0 unspecified atom stereocenters. The Bertz CT molecular complexity index is 1100. The Labute approximate surface area is 180 Å². The molecule has 1 aliphatic heterocycles. The number of rotatable bonds is 7. The summed E-state index contributed by atoms with van der Waals surface area (Å²) in [5.41, 5.74) is 8.38. The molecule has 0 aliphatic carbocycles. The lowest BCUT2D eigenvalue weighted by molar-refractivity contribution is 0.0903. The number of fused-ring (bicyclic) bond motifs is 1. The summed E-state index contributed by atoms with van der Waals surface area (Å²) < 4.78 is 7.26. The highest BCUT2D eigenvalue weighted by Crippen LogP contribution is 2.28. The van der Waals surface area contributed by atoms with Gasteiger partial charge in [-0.05, 0) is 31.4 Å². The van der Waals surface area contributed by atoms with Crippen molar-refractivity contribution in [1.82, 2.24) is 20.1 Å². The van der Waals surface area contributed by atoms with Crippen molar-refractivity contribution in [2.75, 3.05) is 18.5 Å². The zero-order chi connectivity index (χ0) is 21.8. The highest BCUT2D eigenvalue weighted by molar-refractivity contribution is 6.06. The molecule has 31 heavy (non-hydrogen) atoms. The van der Waals surface area contributed by atoms with Crippen LogP contribution in [0.2, 0.25) is 0 Å². The number of nitrogens with two attached hydrogens (primary N) is 1. The van der Waals surface area contributed by atoms with E-state index in [1.165, 1.54) is 0 Å². The first-order chi connectivity index (χ1) is 15.1. The molecule has 9 heteroatoms. The topological polar surface area (TPSA) is 124 Å². The predicted octanol–water partition coefficient (Wildman–Crippen LogP) is 2.07. The second kappa shape index (κ2) is 9.13. The number of ether oxygens (including phenoxy) is 1. The molecule has 162 valence electrons. The number of hydrogen-bond donors (Lipinski definition) is 3. The second-order valence-corrected chi connectivity index (χ2v) is 7.48. The van der Waals surface area contributed by atoms with Crippen LogP contribution >= 0.6 is 0 Å². The van der Waals surface area contributed by atoms with Crippen molar-refractivity contribution < 1.29 is 14.3 Å². The maximum absolute atomic E-state index is 13.1. The molecule has 1 fully saturated rings. The maximum Gasteiger partial charge on any atom is 0.255 e. The number of hydrogen-bond acceptors (Lipinski definition) is 6. The van der Waals surface area contributed by atoms with E-state index in [0.717, 1.165) is 29.6 Å². The Kier molecular flexibility index (Phi) is 6.13. The van der Waals surface area contributed by atoms with E-state index >= 15 is 0 Å². The van der Waals surface area contributed by atoms with Gasteiger partial charge in [-0.3, -0.25) is 9.59 Å². The van der Waals surface area contributed by atoms with Crippen LogP contribution in [0.15, 0.2) is 36.7 Å². The monoisotopic (exact) mass is 422 g/mol. The summed E-state index contributed by atoms with van der Waals surface area (Å²) in [6.45, 7) is 4.23. The summed E-state index contributed by atoms with van der Waals surface area (Å²) in [6, 6.07) is 7.17.